The van der Waals surface area contributed by atoms with Gasteiger partial charge < -0.3 is 10.6 Å². The van der Waals surface area contributed by atoms with Gasteiger partial charge >= 0.3 is 0 Å². The number of amides is 2. The van der Waals surface area contributed by atoms with Gasteiger partial charge in [-0.2, -0.15) is 0 Å². The third-order valence-corrected chi connectivity index (χ3v) is 3.54. The summed E-state index contributed by atoms with van der Waals surface area (Å²) in [6.45, 7) is 4.30. The van der Waals surface area contributed by atoms with Crippen molar-refractivity contribution in [3.8, 4) is 0 Å². The van der Waals surface area contributed by atoms with E-state index in [-0.39, 0.29) is 18.4 Å². The highest BCUT2D eigenvalue weighted by molar-refractivity contribution is 5.97. The molecule has 2 aromatic carbocycles. The lowest BCUT2D eigenvalue weighted by atomic mass is 10.1. The van der Waals surface area contributed by atoms with Crippen LogP contribution < -0.4 is 10.6 Å². The topological polar surface area (TPSA) is 58.2 Å². The number of hydrogen-bond donors (Lipinski definition) is 2. The van der Waals surface area contributed by atoms with Crippen LogP contribution in [0.3, 0.4) is 0 Å². The molecule has 0 fully saturated rings. The van der Waals surface area contributed by atoms with Crippen molar-refractivity contribution in [1.82, 2.24) is 10.6 Å². The summed E-state index contributed by atoms with van der Waals surface area (Å²) in [5.41, 5.74) is 3.68. The summed E-state index contributed by atoms with van der Waals surface area (Å²) in [4.78, 5) is 23.8. The third kappa shape index (κ3) is 4.19. The van der Waals surface area contributed by atoms with Crippen LogP contribution in [-0.2, 0) is 11.3 Å². The lowest BCUT2D eigenvalue weighted by molar-refractivity contribution is -0.120. The van der Waals surface area contributed by atoms with Crippen molar-refractivity contribution in [1.29, 1.82) is 0 Å². The molecule has 0 saturated heterocycles. The second-order valence-corrected chi connectivity index (χ2v) is 5.20. The molecule has 114 valence electrons. The van der Waals surface area contributed by atoms with Gasteiger partial charge in [-0.25, -0.2) is 0 Å². The Bertz CT molecular complexity index is 680. The number of nitrogens with one attached hydrogen (secondary N) is 2. The molecule has 0 heterocycles. The highest BCUT2D eigenvalue weighted by atomic mass is 16.2. The molecule has 0 unspecified atom stereocenters. The molecule has 0 aliphatic carbocycles. The lowest BCUT2D eigenvalue weighted by Crippen LogP contribution is -2.36. The smallest absolute Gasteiger partial charge is 0.251 e. The summed E-state index contributed by atoms with van der Waals surface area (Å²) < 4.78 is 0. The number of hydrogen-bond acceptors (Lipinski definition) is 2. The van der Waals surface area contributed by atoms with Crippen LogP contribution in [0.25, 0.3) is 0 Å². The van der Waals surface area contributed by atoms with Gasteiger partial charge in [-0.05, 0) is 36.6 Å². The molecule has 0 aliphatic heterocycles. The Morgan fingerprint density at radius 2 is 1.50 bits per heavy atom. The molecule has 0 spiro atoms. The molecule has 4 nitrogen and oxygen atoms in total. The van der Waals surface area contributed by atoms with Crippen LogP contribution in [0.5, 0.6) is 0 Å². The molecule has 0 aromatic heterocycles. The van der Waals surface area contributed by atoms with E-state index in [0.29, 0.717) is 12.1 Å². The molecule has 0 aliphatic rings. The van der Waals surface area contributed by atoms with Gasteiger partial charge in [0.15, 0.2) is 0 Å². The highest BCUT2D eigenvalue weighted by Gasteiger charge is 2.09. The fourth-order valence-corrected chi connectivity index (χ4v) is 2.15. The van der Waals surface area contributed by atoms with Crippen molar-refractivity contribution in [3.63, 3.8) is 0 Å². The zero-order valence-corrected chi connectivity index (χ0v) is 12.8. The van der Waals surface area contributed by atoms with Crippen LogP contribution >= 0.6 is 0 Å². The minimum absolute atomic E-state index is 0.0287. The van der Waals surface area contributed by atoms with E-state index in [1.54, 1.807) is 12.1 Å². The third-order valence-electron chi connectivity index (χ3n) is 3.54. The van der Waals surface area contributed by atoms with E-state index in [4.69, 9.17) is 0 Å². The molecule has 0 bridgehead atoms. The van der Waals surface area contributed by atoms with Gasteiger partial charge in [-0.1, -0.05) is 42.5 Å². The Morgan fingerprint density at radius 3 is 2.18 bits per heavy atom. The fourth-order valence-electron chi connectivity index (χ4n) is 2.15. The zero-order valence-electron chi connectivity index (χ0n) is 12.8. The van der Waals surface area contributed by atoms with Gasteiger partial charge in [-0.15, -0.1) is 0 Å². The molecular formula is C18H20N2O2. The molecule has 2 amide bonds. The summed E-state index contributed by atoms with van der Waals surface area (Å²) >= 11 is 0. The van der Waals surface area contributed by atoms with Crippen LogP contribution in [0.15, 0.2) is 48.5 Å². The van der Waals surface area contributed by atoms with E-state index >= 15 is 0 Å². The normalized spacial score (nSPS) is 10.1. The lowest BCUT2D eigenvalue weighted by Gasteiger charge is -2.09. The number of carbonyl (C=O) groups is 2. The minimum Gasteiger partial charge on any atom is -0.350 e. The Morgan fingerprint density at radius 1 is 0.864 bits per heavy atom. The maximum atomic E-state index is 12.0. The average Bonchev–Trinajstić information content (AvgIpc) is 2.52. The van der Waals surface area contributed by atoms with Crippen LogP contribution in [0.2, 0.25) is 0 Å². The van der Waals surface area contributed by atoms with Crippen molar-refractivity contribution in [3.05, 3.63) is 70.8 Å². The fraction of sp³-hybridized carbons (Fsp3) is 0.222. The first-order chi connectivity index (χ1) is 10.6. The van der Waals surface area contributed by atoms with E-state index < -0.39 is 0 Å². The number of rotatable bonds is 5. The highest BCUT2D eigenvalue weighted by Crippen LogP contribution is 2.07. The van der Waals surface area contributed by atoms with Crippen molar-refractivity contribution in [2.24, 2.45) is 0 Å². The van der Waals surface area contributed by atoms with E-state index in [2.05, 4.69) is 10.6 Å². The van der Waals surface area contributed by atoms with E-state index in [1.165, 1.54) is 0 Å². The monoisotopic (exact) mass is 296 g/mol. The average molecular weight is 296 g/mol. The number of carbonyl (C=O) groups excluding carboxylic acids is 2. The predicted molar refractivity (Wildman–Crippen MR) is 86.5 cm³/mol. The summed E-state index contributed by atoms with van der Waals surface area (Å²) in [6, 6.07) is 15.2. The van der Waals surface area contributed by atoms with Crippen molar-refractivity contribution in [2.45, 2.75) is 20.4 Å². The first kappa shape index (κ1) is 15.8. The van der Waals surface area contributed by atoms with Gasteiger partial charge in [0, 0.05) is 12.1 Å². The summed E-state index contributed by atoms with van der Waals surface area (Å²) in [7, 11) is 0. The quantitative estimate of drug-likeness (QED) is 0.890. The van der Waals surface area contributed by atoms with Gasteiger partial charge in [0.1, 0.15) is 0 Å². The SMILES string of the molecule is Cc1ccccc1CNC(=O)CNC(=O)c1ccccc1C. The van der Waals surface area contributed by atoms with E-state index in [0.717, 1.165) is 16.7 Å². The van der Waals surface area contributed by atoms with Gasteiger partial charge in [0.05, 0.1) is 6.54 Å². The van der Waals surface area contributed by atoms with Crippen LogP contribution in [-0.4, -0.2) is 18.4 Å². The molecule has 0 atom stereocenters. The predicted octanol–water partition coefficient (Wildman–Crippen LogP) is 2.35. The molecule has 4 heteroatoms. The summed E-state index contributed by atoms with van der Waals surface area (Å²) in [5.74, 6) is -0.436. The van der Waals surface area contributed by atoms with Crippen LogP contribution in [0.1, 0.15) is 27.0 Å². The Balaban J connectivity index is 1.82. The summed E-state index contributed by atoms with van der Waals surface area (Å²) in [5, 5.41) is 5.45. The standard InChI is InChI=1S/C18H20N2O2/c1-13-7-3-5-9-15(13)11-19-17(21)12-20-18(22)16-10-6-4-8-14(16)2/h3-10H,11-12H2,1-2H3,(H,19,21)(H,20,22). The number of aryl methyl sites for hydroxylation is 2. The second-order valence-electron chi connectivity index (χ2n) is 5.20. The number of benzene rings is 2. The summed E-state index contributed by atoms with van der Waals surface area (Å²) in [6.07, 6.45) is 0. The first-order valence-corrected chi connectivity index (χ1v) is 7.23. The molecule has 0 saturated carbocycles. The molecule has 2 N–H and O–H groups in total. The minimum atomic E-state index is -0.232. The van der Waals surface area contributed by atoms with Crippen LogP contribution in [0.4, 0.5) is 0 Å². The van der Waals surface area contributed by atoms with E-state index in [1.807, 2.05) is 50.2 Å². The Kier molecular flexibility index (Phi) is 5.31. The largest absolute Gasteiger partial charge is 0.350 e. The molecule has 2 aromatic rings. The molecule has 2 rings (SSSR count). The first-order valence-electron chi connectivity index (χ1n) is 7.23. The van der Waals surface area contributed by atoms with E-state index in [9.17, 15) is 9.59 Å². The zero-order chi connectivity index (χ0) is 15.9. The van der Waals surface area contributed by atoms with Gasteiger partial charge in [0.25, 0.3) is 5.91 Å². The molecular weight excluding hydrogens is 276 g/mol. The van der Waals surface area contributed by atoms with Crippen molar-refractivity contribution >= 4 is 11.8 Å². The van der Waals surface area contributed by atoms with Crippen LogP contribution in [0, 0.1) is 13.8 Å². The molecule has 22 heavy (non-hydrogen) atoms. The van der Waals surface area contributed by atoms with Crippen molar-refractivity contribution < 1.29 is 9.59 Å². The maximum absolute atomic E-state index is 12.0. The Hall–Kier alpha value is -2.62. The second kappa shape index (κ2) is 7.41. The molecule has 0 radical (unpaired) electrons. The maximum Gasteiger partial charge on any atom is 0.251 e. The van der Waals surface area contributed by atoms with Gasteiger partial charge in [0.2, 0.25) is 5.91 Å². The Labute approximate surface area is 130 Å². The van der Waals surface area contributed by atoms with Gasteiger partial charge in [-0.3, -0.25) is 9.59 Å². The van der Waals surface area contributed by atoms with Crippen molar-refractivity contribution in [2.75, 3.05) is 6.54 Å².